The molecule has 1 fully saturated rings. The van der Waals surface area contributed by atoms with Crippen LogP contribution in [-0.2, 0) is 11.2 Å². The van der Waals surface area contributed by atoms with E-state index < -0.39 is 0 Å². The molecule has 2 heterocycles. The van der Waals surface area contributed by atoms with Gasteiger partial charge in [0.25, 0.3) is 0 Å². The normalized spacial score (nSPS) is 24.1. The Labute approximate surface area is 119 Å². The van der Waals surface area contributed by atoms with E-state index in [9.17, 15) is 5.11 Å². The number of pyridine rings is 1. The SMILES string of the molecule is CCC1OCCC1C(O)Cc1ccnc2ccccc12. The molecule has 0 radical (unpaired) electrons. The second-order valence-electron chi connectivity index (χ2n) is 5.53. The van der Waals surface area contributed by atoms with Crippen LogP contribution in [0.1, 0.15) is 25.3 Å². The summed E-state index contributed by atoms with van der Waals surface area (Å²) in [6, 6.07) is 10.1. The highest BCUT2D eigenvalue weighted by atomic mass is 16.5. The number of aliphatic hydroxyl groups is 1. The number of rotatable bonds is 4. The van der Waals surface area contributed by atoms with Gasteiger partial charge in [0.05, 0.1) is 17.7 Å². The first-order valence-corrected chi connectivity index (χ1v) is 7.42. The third-order valence-electron chi connectivity index (χ3n) is 4.33. The molecule has 1 saturated heterocycles. The maximum Gasteiger partial charge on any atom is 0.0704 e. The van der Waals surface area contributed by atoms with Gasteiger partial charge >= 0.3 is 0 Å². The number of aromatic nitrogens is 1. The summed E-state index contributed by atoms with van der Waals surface area (Å²) in [6.07, 6.45) is 4.30. The van der Waals surface area contributed by atoms with Crippen molar-refractivity contribution in [1.29, 1.82) is 0 Å². The number of benzene rings is 1. The van der Waals surface area contributed by atoms with Crippen molar-refractivity contribution in [3.8, 4) is 0 Å². The highest BCUT2D eigenvalue weighted by Crippen LogP contribution is 2.29. The molecule has 3 unspecified atom stereocenters. The smallest absolute Gasteiger partial charge is 0.0704 e. The highest BCUT2D eigenvalue weighted by molar-refractivity contribution is 5.81. The monoisotopic (exact) mass is 271 g/mol. The van der Waals surface area contributed by atoms with E-state index in [1.165, 1.54) is 5.56 Å². The summed E-state index contributed by atoms with van der Waals surface area (Å²) >= 11 is 0. The molecule has 3 nitrogen and oxygen atoms in total. The van der Waals surface area contributed by atoms with E-state index in [0.717, 1.165) is 30.4 Å². The topological polar surface area (TPSA) is 42.4 Å². The molecular formula is C17H21NO2. The Kier molecular flexibility index (Phi) is 3.99. The molecule has 1 aromatic carbocycles. The molecule has 1 aromatic heterocycles. The molecule has 3 atom stereocenters. The van der Waals surface area contributed by atoms with Gasteiger partial charge in [0.15, 0.2) is 0 Å². The first-order chi connectivity index (χ1) is 9.79. The van der Waals surface area contributed by atoms with Gasteiger partial charge in [-0.3, -0.25) is 4.98 Å². The highest BCUT2D eigenvalue weighted by Gasteiger charge is 2.32. The zero-order valence-electron chi connectivity index (χ0n) is 11.8. The molecular weight excluding hydrogens is 250 g/mol. The molecule has 3 rings (SSSR count). The zero-order chi connectivity index (χ0) is 13.9. The largest absolute Gasteiger partial charge is 0.392 e. The van der Waals surface area contributed by atoms with E-state index in [1.54, 1.807) is 0 Å². The Bertz CT molecular complexity index is 579. The number of nitrogens with zero attached hydrogens (tertiary/aromatic N) is 1. The summed E-state index contributed by atoms with van der Waals surface area (Å²) < 4.78 is 5.69. The van der Waals surface area contributed by atoms with Gasteiger partial charge in [-0.15, -0.1) is 0 Å². The van der Waals surface area contributed by atoms with Gasteiger partial charge in [0.1, 0.15) is 0 Å². The number of hydrogen-bond acceptors (Lipinski definition) is 3. The second kappa shape index (κ2) is 5.90. The standard InChI is InChI=1S/C17H21NO2/c1-2-17-14(8-10-20-17)16(19)11-12-7-9-18-15-6-4-3-5-13(12)15/h3-7,9,14,16-17,19H,2,8,10-11H2,1H3. The van der Waals surface area contributed by atoms with Crippen molar-refractivity contribution >= 4 is 10.9 Å². The van der Waals surface area contributed by atoms with Gasteiger partial charge in [-0.1, -0.05) is 25.1 Å². The molecule has 0 saturated carbocycles. The Morgan fingerprint density at radius 2 is 2.20 bits per heavy atom. The lowest BCUT2D eigenvalue weighted by Gasteiger charge is -2.23. The van der Waals surface area contributed by atoms with Crippen LogP contribution >= 0.6 is 0 Å². The second-order valence-corrected chi connectivity index (χ2v) is 5.53. The van der Waals surface area contributed by atoms with Crippen molar-refractivity contribution in [2.24, 2.45) is 5.92 Å². The Balaban J connectivity index is 1.82. The third kappa shape index (κ3) is 2.56. The maximum atomic E-state index is 10.6. The molecule has 20 heavy (non-hydrogen) atoms. The first-order valence-electron chi connectivity index (χ1n) is 7.42. The fraction of sp³-hybridized carbons (Fsp3) is 0.471. The van der Waals surface area contributed by atoms with Crippen molar-refractivity contribution in [3.63, 3.8) is 0 Å². The number of para-hydroxylation sites is 1. The Morgan fingerprint density at radius 1 is 1.35 bits per heavy atom. The van der Waals surface area contributed by atoms with E-state index in [4.69, 9.17) is 4.74 Å². The zero-order valence-corrected chi connectivity index (χ0v) is 11.8. The summed E-state index contributed by atoms with van der Waals surface area (Å²) in [7, 11) is 0. The minimum absolute atomic E-state index is 0.207. The van der Waals surface area contributed by atoms with Crippen molar-refractivity contribution in [2.45, 2.75) is 38.4 Å². The minimum Gasteiger partial charge on any atom is -0.392 e. The summed E-state index contributed by atoms with van der Waals surface area (Å²) in [6.45, 7) is 2.90. The Hall–Kier alpha value is -1.45. The molecule has 106 valence electrons. The van der Waals surface area contributed by atoms with Crippen LogP contribution in [0.15, 0.2) is 36.5 Å². The van der Waals surface area contributed by atoms with Crippen LogP contribution in [0.4, 0.5) is 0 Å². The third-order valence-corrected chi connectivity index (χ3v) is 4.33. The van der Waals surface area contributed by atoms with E-state index >= 15 is 0 Å². The molecule has 1 N–H and O–H groups in total. The summed E-state index contributed by atoms with van der Waals surface area (Å²) in [5, 5.41) is 11.7. The lowest BCUT2D eigenvalue weighted by atomic mass is 9.89. The van der Waals surface area contributed by atoms with Gasteiger partial charge in [0.2, 0.25) is 0 Å². The van der Waals surface area contributed by atoms with E-state index in [1.807, 2.05) is 30.5 Å². The Morgan fingerprint density at radius 3 is 3.05 bits per heavy atom. The van der Waals surface area contributed by atoms with Crippen molar-refractivity contribution in [2.75, 3.05) is 6.61 Å². The number of fused-ring (bicyclic) bond motifs is 1. The first kappa shape index (κ1) is 13.5. The maximum absolute atomic E-state index is 10.6. The summed E-state index contributed by atoms with van der Waals surface area (Å²) in [5.74, 6) is 0.256. The van der Waals surface area contributed by atoms with E-state index in [0.29, 0.717) is 6.42 Å². The van der Waals surface area contributed by atoms with Crippen molar-refractivity contribution in [1.82, 2.24) is 4.98 Å². The minimum atomic E-state index is -0.340. The molecule has 3 heteroatoms. The van der Waals surface area contributed by atoms with Gasteiger partial charge in [-0.2, -0.15) is 0 Å². The predicted octanol–water partition coefficient (Wildman–Crippen LogP) is 2.95. The molecule has 0 aliphatic carbocycles. The van der Waals surface area contributed by atoms with Crippen LogP contribution in [0.2, 0.25) is 0 Å². The lowest BCUT2D eigenvalue weighted by Crippen LogP contribution is -2.29. The number of aliphatic hydroxyl groups excluding tert-OH is 1. The van der Waals surface area contributed by atoms with E-state index in [2.05, 4.69) is 18.0 Å². The molecule has 0 bridgehead atoms. The number of hydrogen-bond donors (Lipinski definition) is 1. The van der Waals surface area contributed by atoms with Crippen LogP contribution in [0.25, 0.3) is 10.9 Å². The molecule has 1 aliphatic rings. The average molecular weight is 271 g/mol. The summed E-state index contributed by atoms with van der Waals surface area (Å²) in [5.41, 5.74) is 2.16. The predicted molar refractivity (Wildman–Crippen MR) is 79.6 cm³/mol. The average Bonchev–Trinajstić information content (AvgIpc) is 2.96. The van der Waals surface area contributed by atoms with Gasteiger partial charge in [-0.25, -0.2) is 0 Å². The fourth-order valence-electron chi connectivity index (χ4n) is 3.24. The molecule has 1 aliphatic heterocycles. The number of ether oxygens (including phenoxy) is 1. The van der Waals surface area contributed by atoms with Crippen LogP contribution in [0, 0.1) is 5.92 Å². The van der Waals surface area contributed by atoms with Crippen LogP contribution in [0.3, 0.4) is 0 Å². The van der Waals surface area contributed by atoms with Crippen molar-refractivity contribution < 1.29 is 9.84 Å². The van der Waals surface area contributed by atoms with E-state index in [-0.39, 0.29) is 18.1 Å². The lowest BCUT2D eigenvalue weighted by molar-refractivity contribution is 0.0319. The van der Waals surface area contributed by atoms with Gasteiger partial charge in [-0.05, 0) is 37.0 Å². The molecule has 0 amide bonds. The van der Waals surface area contributed by atoms with Crippen LogP contribution < -0.4 is 0 Å². The quantitative estimate of drug-likeness (QED) is 0.929. The summed E-state index contributed by atoms with van der Waals surface area (Å²) in [4.78, 5) is 4.37. The fourth-order valence-corrected chi connectivity index (χ4v) is 3.24. The van der Waals surface area contributed by atoms with Gasteiger partial charge in [0, 0.05) is 24.1 Å². The van der Waals surface area contributed by atoms with Gasteiger partial charge < -0.3 is 9.84 Å². The van der Waals surface area contributed by atoms with Crippen LogP contribution in [-0.4, -0.2) is 28.9 Å². The molecule has 0 spiro atoms. The van der Waals surface area contributed by atoms with Crippen LogP contribution in [0.5, 0.6) is 0 Å². The van der Waals surface area contributed by atoms with Crippen molar-refractivity contribution in [3.05, 3.63) is 42.1 Å². The molecule has 2 aromatic rings.